The number of ether oxygens (including phenoxy) is 1. The SMILES string of the molecule is COc1ccc(-c2cc(=O)c3cc(CC(=O)Nc4cc(C5CC5)[nH]n4)ccc3[nH]2)cc1. The molecule has 156 valence electrons. The fraction of sp³-hybridized carbons (Fsp3) is 0.208. The third kappa shape index (κ3) is 4.07. The quantitative estimate of drug-likeness (QED) is 0.444. The maximum atomic E-state index is 12.7. The summed E-state index contributed by atoms with van der Waals surface area (Å²) in [5, 5.41) is 10.5. The Morgan fingerprint density at radius 3 is 2.68 bits per heavy atom. The van der Waals surface area contributed by atoms with Crippen molar-refractivity contribution in [3.8, 4) is 17.0 Å². The summed E-state index contributed by atoms with van der Waals surface area (Å²) < 4.78 is 5.19. The summed E-state index contributed by atoms with van der Waals surface area (Å²) in [7, 11) is 1.62. The Kier molecular flexibility index (Phi) is 4.78. The van der Waals surface area contributed by atoms with Gasteiger partial charge in [-0.25, -0.2) is 0 Å². The first-order valence-corrected chi connectivity index (χ1v) is 10.2. The van der Waals surface area contributed by atoms with E-state index in [4.69, 9.17) is 4.74 Å². The molecule has 31 heavy (non-hydrogen) atoms. The first-order valence-electron chi connectivity index (χ1n) is 10.2. The van der Waals surface area contributed by atoms with E-state index in [9.17, 15) is 9.59 Å². The van der Waals surface area contributed by atoms with Crippen LogP contribution >= 0.6 is 0 Å². The number of carbonyl (C=O) groups excluding carboxylic acids is 1. The number of benzene rings is 2. The standard InChI is InChI=1S/C24H22N4O3/c1-31-17-7-5-15(6-8-17)20-12-22(29)18-10-14(2-9-19(18)25-20)11-24(30)26-23-13-21(27-28-23)16-3-4-16/h2,5-10,12-13,16H,3-4,11H2,1H3,(H,25,29)(H2,26,27,28,30). The predicted molar refractivity (Wildman–Crippen MR) is 119 cm³/mol. The highest BCUT2D eigenvalue weighted by Gasteiger charge is 2.25. The highest BCUT2D eigenvalue weighted by Crippen LogP contribution is 2.39. The number of nitrogens with one attached hydrogen (secondary N) is 3. The summed E-state index contributed by atoms with van der Waals surface area (Å²) in [6.07, 6.45) is 2.50. The zero-order valence-corrected chi connectivity index (χ0v) is 17.1. The summed E-state index contributed by atoms with van der Waals surface area (Å²) in [4.78, 5) is 28.5. The number of amides is 1. The number of anilines is 1. The van der Waals surface area contributed by atoms with E-state index in [0.717, 1.165) is 33.8 Å². The van der Waals surface area contributed by atoms with Crippen LogP contribution in [0.4, 0.5) is 5.82 Å². The number of carbonyl (C=O) groups is 1. The van der Waals surface area contributed by atoms with Gasteiger partial charge in [-0.2, -0.15) is 5.10 Å². The maximum Gasteiger partial charge on any atom is 0.229 e. The number of hydrogen-bond acceptors (Lipinski definition) is 4. The van der Waals surface area contributed by atoms with E-state index in [1.165, 1.54) is 12.8 Å². The van der Waals surface area contributed by atoms with Crippen LogP contribution in [0.15, 0.2) is 59.4 Å². The van der Waals surface area contributed by atoms with Crippen molar-refractivity contribution in [2.24, 2.45) is 0 Å². The molecule has 0 bridgehead atoms. The smallest absolute Gasteiger partial charge is 0.229 e. The van der Waals surface area contributed by atoms with Gasteiger partial charge in [-0.05, 0) is 60.4 Å². The molecule has 7 nitrogen and oxygen atoms in total. The van der Waals surface area contributed by atoms with Gasteiger partial charge in [0.05, 0.1) is 13.5 Å². The minimum absolute atomic E-state index is 0.0943. The van der Waals surface area contributed by atoms with Crippen molar-refractivity contribution in [1.82, 2.24) is 15.2 Å². The van der Waals surface area contributed by atoms with Crippen molar-refractivity contribution in [1.29, 1.82) is 0 Å². The van der Waals surface area contributed by atoms with Crippen LogP contribution in [0.2, 0.25) is 0 Å². The summed E-state index contributed by atoms with van der Waals surface area (Å²) in [6, 6.07) is 16.4. The van der Waals surface area contributed by atoms with Gasteiger partial charge in [0.2, 0.25) is 5.91 Å². The average molecular weight is 414 g/mol. The number of nitrogens with zero attached hydrogens (tertiary/aromatic N) is 1. The van der Waals surface area contributed by atoms with E-state index in [0.29, 0.717) is 17.1 Å². The molecule has 1 fully saturated rings. The molecule has 0 saturated heterocycles. The normalized spacial score (nSPS) is 13.3. The van der Waals surface area contributed by atoms with Crippen molar-refractivity contribution in [3.63, 3.8) is 0 Å². The molecular formula is C24H22N4O3. The third-order valence-electron chi connectivity index (χ3n) is 5.54. The van der Waals surface area contributed by atoms with Crippen LogP contribution in [-0.2, 0) is 11.2 Å². The fourth-order valence-corrected chi connectivity index (χ4v) is 3.71. The maximum absolute atomic E-state index is 12.7. The van der Waals surface area contributed by atoms with Crippen molar-refractivity contribution < 1.29 is 9.53 Å². The number of rotatable bonds is 6. The van der Waals surface area contributed by atoms with Crippen LogP contribution in [0.5, 0.6) is 5.75 Å². The highest BCUT2D eigenvalue weighted by atomic mass is 16.5. The van der Waals surface area contributed by atoms with Crippen molar-refractivity contribution in [3.05, 3.63) is 76.1 Å². The van der Waals surface area contributed by atoms with E-state index in [1.54, 1.807) is 19.2 Å². The second-order valence-corrected chi connectivity index (χ2v) is 7.86. The second kappa shape index (κ2) is 7.75. The fourth-order valence-electron chi connectivity index (χ4n) is 3.71. The van der Waals surface area contributed by atoms with E-state index in [2.05, 4.69) is 20.5 Å². The topological polar surface area (TPSA) is 99.9 Å². The van der Waals surface area contributed by atoms with Crippen LogP contribution < -0.4 is 15.5 Å². The molecule has 2 heterocycles. The lowest BCUT2D eigenvalue weighted by Gasteiger charge is -2.08. The predicted octanol–water partition coefficient (Wildman–Crippen LogP) is 3.99. The molecule has 7 heteroatoms. The van der Waals surface area contributed by atoms with Gasteiger partial charge < -0.3 is 15.0 Å². The highest BCUT2D eigenvalue weighted by molar-refractivity contribution is 5.92. The van der Waals surface area contributed by atoms with Gasteiger partial charge >= 0.3 is 0 Å². The van der Waals surface area contributed by atoms with Gasteiger partial charge in [-0.3, -0.25) is 14.7 Å². The number of aromatic amines is 2. The Morgan fingerprint density at radius 2 is 1.94 bits per heavy atom. The van der Waals surface area contributed by atoms with Crippen LogP contribution in [0.3, 0.4) is 0 Å². The number of H-pyrrole nitrogens is 2. The largest absolute Gasteiger partial charge is 0.497 e. The minimum Gasteiger partial charge on any atom is -0.497 e. The van der Waals surface area contributed by atoms with Gasteiger partial charge in [-0.1, -0.05) is 6.07 Å². The number of hydrogen-bond donors (Lipinski definition) is 3. The molecule has 0 radical (unpaired) electrons. The first kappa shape index (κ1) is 19.1. The molecule has 5 rings (SSSR count). The summed E-state index contributed by atoms with van der Waals surface area (Å²) >= 11 is 0. The lowest BCUT2D eigenvalue weighted by Crippen LogP contribution is -2.15. The summed E-state index contributed by atoms with van der Waals surface area (Å²) in [5.74, 6) is 1.68. The number of aromatic nitrogens is 3. The molecule has 2 aromatic heterocycles. The van der Waals surface area contributed by atoms with E-state index >= 15 is 0 Å². The summed E-state index contributed by atoms with van der Waals surface area (Å²) in [6.45, 7) is 0. The molecular weight excluding hydrogens is 392 g/mol. The van der Waals surface area contributed by atoms with Gasteiger partial charge in [0, 0.05) is 40.3 Å². The lowest BCUT2D eigenvalue weighted by atomic mass is 10.1. The Bertz CT molecular complexity index is 1320. The Hall–Kier alpha value is -3.87. The Labute approximate surface area is 178 Å². The number of pyridine rings is 1. The second-order valence-electron chi connectivity index (χ2n) is 7.86. The molecule has 1 aliphatic carbocycles. The first-order chi connectivity index (χ1) is 15.1. The van der Waals surface area contributed by atoms with Crippen LogP contribution in [0, 0.1) is 0 Å². The Morgan fingerprint density at radius 1 is 1.13 bits per heavy atom. The molecule has 0 atom stereocenters. The molecule has 1 aliphatic rings. The monoisotopic (exact) mass is 414 g/mol. The molecule has 2 aromatic carbocycles. The molecule has 0 unspecified atom stereocenters. The summed E-state index contributed by atoms with van der Waals surface area (Å²) in [5.41, 5.74) is 4.10. The van der Waals surface area contributed by atoms with Gasteiger partial charge in [-0.15, -0.1) is 0 Å². The van der Waals surface area contributed by atoms with Crippen molar-refractivity contribution in [2.75, 3.05) is 12.4 Å². The zero-order valence-electron chi connectivity index (χ0n) is 17.1. The van der Waals surface area contributed by atoms with Crippen LogP contribution in [0.1, 0.15) is 30.0 Å². The Balaban J connectivity index is 1.34. The molecule has 4 aromatic rings. The van der Waals surface area contributed by atoms with E-state index < -0.39 is 0 Å². The van der Waals surface area contributed by atoms with Crippen molar-refractivity contribution >= 4 is 22.6 Å². The van der Waals surface area contributed by atoms with Gasteiger partial charge in [0.25, 0.3) is 0 Å². The number of methoxy groups -OCH3 is 1. The zero-order chi connectivity index (χ0) is 21.4. The number of fused-ring (bicyclic) bond motifs is 1. The van der Waals surface area contributed by atoms with Gasteiger partial charge in [0.1, 0.15) is 5.75 Å². The minimum atomic E-state index is -0.167. The van der Waals surface area contributed by atoms with Gasteiger partial charge in [0.15, 0.2) is 11.2 Å². The van der Waals surface area contributed by atoms with Crippen molar-refractivity contribution in [2.45, 2.75) is 25.2 Å². The average Bonchev–Trinajstić information content (AvgIpc) is 3.53. The van der Waals surface area contributed by atoms with Crippen LogP contribution in [0.25, 0.3) is 22.2 Å². The lowest BCUT2D eigenvalue weighted by molar-refractivity contribution is -0.115. The van der Waals surface area contributed by atoms with Crippen LogP contribution in [-0.4, -0.2) is 28.2 Å². The molecule has 0 spiro atoms. The molecule has 0 aliphatic heterocycles. The molecule has 3 N–H and O–H groups in total. The van der Waals surface area contributed by atoms with E-state index in [-0.39, 0.29) is 17.8 Å². The molecule has 1 amide bonds. The third-order valence-corrected chi connectivity index (χ3v) is 5.54. The van der Waals surface area contributed by atoms with E-state index in [1.807, 2.05) is 42.5 Å². The molecule has 1 saturated carbocycles.